The van der Waals surface area contributed by atoms with E-state index in [0.29, 0.717) is 26.2 Å². The summed E-state index contributed by atoms with van der Waals surface area (Å²) in [6, 6.07) is -0.232. The largest absolute Gasteiger partial charge is 0.340 e. The average Bonchev–Trinajstić information content (AvgIpc) is 2.27. The molecular formula is C9H18N4O2. The van der Waals surface area contributed by atoms with Crippen molar-refractivity contribution in [3.8, 4) is 0 Å². The van der Waals surface area contributed by atoms with Crippen LogP contribution in [0.15, 0.2) is 0 Å². The van der Waals surface area contributed by atoms with Crippen LogP contribution in [-0.2, 0) is 9.59 Å². The Balaban J connectivity index is 2.43. The van der Waals surface area contributed by atoms with E-state index in [0.717, 1.165) is 0 Å². The third-order valence-corrected chi connectivity index (χ3v) is 2.83. The molecule has 6 nitrogen and oxygen atoms in total. The molecule has 1 rings (SSSR count). The van der Waals surface area contributed by atoms with E-state index in [4.69, 9.17) is 5.84 Å². The zero-order chi connectivity index (χ0) is 11.4. The van der Waals surface area contributed by atoms with Gasteiger partial charge >= 0.3 is 0 Å². The zero-order valence-electron chi connectivity index (χ0n) is 9.19. The molecule has 0 spiro atoms. The standard InChI is InChI=1S/C9H18N4O2/c1-7(9(15)11-10)12-3-5-13(6-4-12)8(2)14/h7H,3-6,10H2,1-2H3,(H,11,15). The van der Waals surface area contributed by atoms with E-state index in [1.54, 1.807) is 11.8 Å². The third kappa shape index (κ3) is 2.90. The number of nitrogens with one attached hydrogen (secondary N) is 1. The Labute approximate surface area is 89.4 Å². The summed E-state index contributed by atoms with van der Waals surface area (Å²) in [4.78, 5) is 26.1. The number of rotatable bonds is 2. The molecule has 1 aliphatic rings. The second kappa shape index (κ2) is 5.09. The van der Waals surface area contributed by atoms with Crippen molar-refractivity contribution in [2.24, 2.45) is 5.84 Å². The predicted molar refractivity (Wildman–Crippen MR) is 55.6 cm³/mol. The molecule has 0 bridgehead atoms. The lowest BCUT2D eigenvalue weighted by Gasteiger charge is -2.36. The number of carbonyl (C=O) groups is 2. The van der Waals surface area contributed by atoms with Gasteiger partial charge in [-0.05, 0) is 6.92 Å². The molecule has 2 amide bonds. The van der Waals surface area contributed by atoms with Gasteiger partial charge in [0.2, 0.25) is 5.91 Å². The molecule has 1 unspecified atom stereocenters. The van der Waals surface area contributed by atoms with Crippen molar-refractivity contribution in [1.82, 2.24) is 15.2 Å². The second-order valence-corrected chi connectivity index (χ2v) is 3.73. The van der Waals surface area contributed by atoms with Crippen LogP contribution in [-0.4, -0.2) is 53.8 Å². The van der Waals surface area contributed by atoms with Gasteiger partial charge in [-0.1, -0.05) is 0 Å². The fraction of sp³-hybridized carbons (Fsp3) is 0.778. The Bertz CT molecular complexity index is 248. The van der Waals surface area contributed by atoms with Crippen molar-refractivity contribution in [1.29, 1.82) is 0 Å². The summed E-state index contributed by atoms with van der Waals surface area (Å²) >= 11 is 0. The first kappa shape index (κ1) is 11.9. The van der Waals surface area contributed by atoms with Gasteiger partial charge in [-0.3, -0.25) is 19.9 Å². The van der Waals surface area contributed by atoms with Crippen LogP contribution in [0.25, 0.3) is 0 Å². The van der Waals surface area contributed by atoms with Gasteiger partial charge in [-0.2, -0.15) is 0 Å². The van der Waals surface area contributed by atoms with Gasteiger partial charge < -0.3 is 4.90 Å². The number of hydrazine groups is 1. The lowest BCUT2D eigenvalue weighted by Crippen LogP contribution is -2.55. The zero-order valence-corrected chi connectivity index (χ0v) is 9.19. The van der Waals surface area contributed by atoms with Gasteiger partial charge in [-0.15, -0.1) is 0 Å². The van der Waals surface area contributed by atoms with Crippen LogP contribution in [0.3, 0.4) is 0 Å². The Hall–Kier alpha value is -1.14. The molecule has 0 aromatic heterocycles. The molecule has 0 aromatic carbocycles. The highest BCUT2D eigenvalue weighted by Crippen LogP contribution is 2.06. The fourth-order valence-corrected chi connectivity index (χ4v) is 1.71. The highest BCUT2D eigenvalue weighted by atomic mass is 16.2. The first-order chi connectivity index (χ1) is 7.06. The second-order valence-electron chi connectivity index (χ2n) is 3.73. The van der Waals surface area contributed by atoms with Crippen molar-refractivity contribution < 1.29 is 9.59 Å². The Morgan fingerprint density at radius 3 is 2.20 bits per heavy atom. The summed E-state index contributed by atoms with van der Waals surface area (Å²) in [5.41, 5.74) is 2.13. The predicted octanol–water partition coefficient (Wildman–Crippen LogP) is -1.47. The van der Waals surface area contributed by atoms with Gasteiger partial charge in [0.15, 0.2) is 0 Å². The summed E-state index contributed by atoms with van der Waals surface area (Å²) in [5.74, 6) is 4.96. The molecule has 0 radical (unpaired) electrons. The summed E-state index contributed by atoms with van der Waals surface area (Å²) in [7, 11) is 0. The van der Waals surface area contributed by atoms with Crippen molar-refractivity contribution in [3.63, 3.8) is 0 Å². The van der Waals surface area contributed by atoms with Crippen molar-refractivity contribution in [2.45, 2.75) is 19.9 Å². The molecule has 1 saturated heterocycles. The Morgan fingerprint density at radius 2 is 1.80 bits per heavy atom. The maximum Gasteiger partial charge on any atom is 0.250 e. The van der Waals surface area contributed by atoms with E-state index < -0.39 is 0 Å². The normalized spacial score (nSPS) is 19.8. The third-order valence-electron chi connectivity index (χ3n) is 2.83. The molecule has 0 aliphatic carbocycles. The molecule has 15 heavy (non-hydrogen) atoms. The molecule has 1 atom stereocenters. The quantitative estimate of drug-likeness (QED) is 0.334. The van der Waals surface area contributed by atoms with Crippen LogP contribution >= 0.6 is 0 Å². The topological polar surface area (TPSA) is 78.7 Å². The Morgan fingerprint density at radius 1 is 1.27 bits per heavy atom. The minimum Gasteiger partial charge on any atom is -0.340 e. The molecule has 3 N–H and O–H groups in total. The number of nitrogens with two attached hydrogens (primary N) is 1. The molecule has 0 saturated carbocycles. The average molecular weight is 214 g/mol. The van der Waals surface area contributed by atoms with Crippen LogP contribution in [0, 0.1) is 0 Å². The lowest BCUT2D eigenvalue weighted by molar-refractivity contribution is -0.132. The number of nitrogens with zero attached hydrogens (tertiary/aromatic N) is 2. The van der Waals surface area contributed by atoms with Gasteiger partial charge in [0.25, 0.3) is 5.91 Å². The molecule has 1 aliphatic heterocycles. The van der Waals surface area contributed by atoms with E-state index in [1.165, 1.54) is 0 Å². The van der Waals surface area contributed by atoms with Crippen LogP contribution in [0.2, 0.25) is 0 Å². The van der Waals surface area contributed by atoms with E-state index >= 15 is 0 Å². The fourth-order valence-electron chi connectivity index (χ4n) is 1.71. The minimum absolute atomic E-state index is 0.0885. The maximum absolute atomic E-state index is 11.3. The number of hydrogen-bond acceptors (Lipinski definition) is 4. The summed E-state index contributed by atoms with van der Waals surface area (Å²) in [6.45, 7) is 6.16. The van der Waals surface area contributed by atoms with Gasteiger partial charge in [0, 0.05) is 33.1 Å². The van der Waals surface area contributed by atoms with Crippen LogP contribution < -0.4 is 11.3 Å². The van der Waals surface area contributed by atoms with Crippen molar-refractivity contribution in [2.75, 3.05) is 26.2 Å². The highest BCUT2D eigenvalue weighted by molar-refractivity contribution is 5.80. The molecule has 6 heteroatoms. The van der Waals surface area contributed by atoms with Crippen LogP contribution in [0.5, 0.6) is 0 Å². The van der Waals surface area contributed by atoms with E-state index in [9.17, 15) is 9.59 Å². The molecule has 1 heterocycles. The number of piperazine rings is 1. The van der Waals surface area contributed by atoms with E-state index in [-0.39, 0.29) is 17.9 Å². The lowest BCUT2D eigenvalue weighted by atomic mass is 10.2. The first-order valence-corrected chi connectivity index (χ1v) is 5.06. The van der Waals surface area contributed by atoms with Crippen molar-refractivity contribution in [3.05, 3.63) is 0 Å². The van der Waals surface area contributed by atoms with E-state index in [1.807, 2.05) is 11.8 Å². The molecular weight excluding hydrogens is 196 g/mol. The number of amides is 2. The summed E-state index contributed by atoms with van der Waals surface area (Å²) in [6.07, 6.45) is 0. The van der Waals surface area contributed by atoms with Gasteiger partial charge in [0.05, 0.1) is 6.04 Å². The molecule has 86 valence electrons. The summed E-state index contributed by atoms with van der Waals surface area (Å²) < 4.78 is 0. The summed E-state index contributed by atoms with van der Waals surface area (Å²) in [5, 5.41) is 0. The number of hydrogen-bond donors (Lipinski definition) is 2. The van der Waals surface area contributed by atoms with Gasteiger partial charge in [-0.25, -0.2) is 5.84 Å². The van der Waals surface area contributed by atoms with Crippen molar-refractivity contribution >= 4 is 11.8 Å². The van der Waals surface area contributed by atoms with Gasteiger partial charge in [0.1, 0.15) is 0 Å². The Kier molecular flexibility index (Phi) is 4.05. The highest BCUT2D eigenvalue weighted by Gasteiger charge is 2.25. The smallest absolute Gasteiger partial charge is 0.250 e. The number of carbonyl (C=O) groups excluding carboxylic acids is 2. The SMILES string of the molecule is CC(=O)N1CCN(C(C)C(=O)NN)CC1. The molecule has 1 fully saturated rings. The van der Waals surface area contributed by atoms with E-state index in [2.05, 4.69) is 5.43 Å². The van der Waals surface area contributed by atoms with Crippen LogP contribution in [0.1, 0.15) is 13.8 Å². The first-order valence-electron chi connectivity index (χ1n) is 5.06. The van der Waals surface area contributed by atoms with Crippen LogP contribution in [0.4, 0.5) is 0 Å². The maximum atomic E-state index is 11.3. The monoisotopic (exact) mass is 214 g/mol. The minimum atomic E-state index is -0.232. The molecule has 0 aromatic rings.